The lowest BCUT2D eigenvalue weighted by molar-refractivity contribution is -0.127. The molecule has 0 unspecified atom stereocenters. The number of nitrogens with two attached hydrogens (primary N) is 1. The molecule has 0 radical (unpaired) electrons. The molecule has 1 aromatic carbocycles. The molecule has 1 amide bonds. The van der Waals surface area contributed by atoms with Gasteiger partial charge in [0.25, 0.3) is 0 Å². The van der Waals surface area contributed by atoms with Gasteiger partial charge in [-0.1, -0.05) is 31.0 Å². The Morgan fingerprint density at radius 2 is 2.04 bits per heavy atom. The van der Waals surface area contributed by atoms with E-state index in [1.807, 2.05) is 12.1 Å². The van der Waals surface area contributed by atoms with Gasteiger partial charge in [-0.3, -0.25) is 4.79 Å². The summed E-state index contributed by atoms with van der Waals surface area (Å²) in [5, 5.41) is 3.11. The van der Waals surface area contributed by atoms with Gasteiger partial charge < -0.3 is 15.8 Å². The summed E-state index contributed by atoms with van der Waals surface area (Å²) in [6.07, 6.45) is 6.30. The van der Waals surface area contributed by atoms with Crippen LogP contribution in [-0.2, 0) is 14.9 Å². The summed E-state index contributed by atoms with van der Waals surface area (Å²) in [4.78, 5) is 12.7. The third kappa shape index (κ3) is 3.87. The van der Waals surface area contributed by atoms with E-state index < -0.39 is 0 Å². The summed E-state index contributed by atoms with van der Waals surface area (Å²) in [5.74, 6) is -0.186. The van der Waals surface area contributed by atoms with E-state index >= 15 is 0 Å². The molecule has 0 heterocycles. The van der Waals surface area contributed by atoms with Crippen LogP contribution < -0.4 is 11.1 Å². The fraction of sp³-hybridized carbons (Fsp3) is 0.650. The molecule has 0 aliphatic heterocycles. The van der Waals surface area contributed by atoms with Crippen LogP contribution in [0.3, 0.4) is 0 Å². The fourth-order valence-corrected chi connectivity index (χ4v) is 4.59. The third-order valence-corrected chi connectivity index (χ3v) is 6.11. The Labute approximate surface area is 149 Å². The number of hydrogen-bond donors (Lipinski definition) is 2. The molecule has 3 rings (SSSR count). The molecule has 138 valence electrons. The van der Waals surface area contributed by atoms with Crippen molar-refractivity contribution in [2.75, 3.05) is 13.7 Å². The van der Waals surface area contributed by atoms with Gasteiger partial charge >= 0.3 is 0 Å². The molecule has 1 aromatic rings. The van der Waals surface area contributed by atoms with Crippen LogP contribution >= 0.6 is 0 Å². The molecule has 3 N–H and O–H groups in total. The predicted octanol–water partition coefficient (Wildman–Crippen LogP) is 2.90. The average molecular weight is 348 g/mol. The predicted molar refractivity (Wildman–Crippen MR) is 95.7 cm³/mol. The summed E-state index contributed by atoms with van der Waals surface area (Å²) in [6.45, 7) is 0.506. The minimum Gasteiger partial charge on any atom is -0.380 e. The Kier molecular flexibility index (Phi) is 5.74. The SMILES string of the molecule is CO[C@@H]1CC[C@H](C(=O)NCC2(c3ccccc3F)CCCC2)C[C@H]1N. The number of nitrogens with one attached hydrogen (secondary N) is 1. The lowest BCUT2D eigenvalue weighted by atomic mass is 9.78. The fourth-order valence-electron chi connectivity index (χ4n) is 4.59. The number of rotatable bonds is 5. The van der Waals surface area contributed by atoms with Gasteiger partial charge in [-0.05, 0) is 43.7 Å². The van der Waals surface area contributed by atoms with Gasteiger partial charge in [-0.15, -0.1) is 0 Å². The summed E-state index contributed by atoms with van der Waals surface area (Å²) in [5.41, 5.74) is 6.59. The van der Waals surface area contributed by atoms with E-state index in [4.69, 9.17) is 10.5 Å². The number of amides is 1. The normalized spacial score (nSPS) is 28.7. The number of benzene rings is 1. The number of hydrogen-bond acceptors (Lipinski definition) is 3. The van der Waals surface area contributed by atoms with Gasteiger partial charge in [0.1, 0.15) is 5.82 Å². The highest BCUT2D eigenvalue weighted by atomic mass is 19.1. The Bertz CT molecular complexity index is 601. The zero-order valence-electron chi connectivity index (χ0n) is 15.0. The molecule has 3 atom stereocenters. The van der Waals surface area contributed by atoms with Crippen molar-refractivity contribution in [2.45, 2.75) is 62.5 Å². The highest BCUT2D eigenvalue weighted by molar-refractivity contribution is 5.79. The standard InChI is InChI=1S/C20H29FN2O2/c1-25-18-9-8-14(12-17(18)22)19(24)23-13-20(10-4-5-11-20)15-6-2-3-7-16(15)21/h2-3,6-7,14,17-18H,4-5,8-13,22H2,1H3,(H,23,24)/t14-,17+,18+/m0/s1. The van der Waals surface area contributed by atoms with Gasteiger partial charge in [0.15, 0.2) is 0 Å². The Hall–Kier alpha value is -1.46. The molecule has 2 aliphatic carbocycles. The van der Waals surface area contributed by atoms with Crippen molar-refractivity contribution in [3.8, 4) is 0 Å². The van der Waals surface area contributed by atoms with Crippen LogP contribution in [0.25, 0.3) is 0 Å². The van der Waals surface area contributed by atoms with Gasteiger partial charge in [-0.25, -0.2) is 4.39 Å². The minimum atomic E-state index is -0.271. The second kappa shape index (κ2) is 7.83. The summed E-state index contributed by atoms with van der Waals surface area (Å²) < 4.78 is 19.7. The molecule has 0 aromatic heterocycles. The van der Waals surface area contributed by atoms with Crippen molar-refractivity contribution >= 4 is 5.91 Å². The van der Waals surface area contributed by atoms with Crippen molar-refractivity contribution < 1.29 is 13.9 Å². The second-order valence-corrected chi connectivity index (χ2v) is 7.63. The zero-order valence-corrected chi connectivity index (χ0v) is 15.0. The molecular formula is C20H29FN2O2. The van der Waals surface area contributed by atoms with Crippen molar-refractivity contribution in [1.29, 1.82) is 0 Å². The summed E-state index contributed by atoms with van der Waals surface area (Å²) >= 11 is 0. The van der Waals surface area contributed by atoms with Gasteiger partial charge in [-0.2, -0.15) is 0 Å². The quantitative estimate of drug-likeness (QED) is 0.860. The lowest BCUT2D eigenvalue weighted by Gasteiger charge is -2.34. The first-order valence-corrected chi connectivity index (χ1v) is 9.37. The van der Waals surface area contributed by atoms with Crippen LogP contribution in [0.5, 0.6) is 0 Å². The van der Waals surface area contributed by atoms with Crippen molar-refractivity contribution in [2.24, 2.45) is 11.7 Å². The maximum absolute atomic E-state index is 14.4. The maximum atomic E-state index is 14.4. The number of halogens is 1. The van der Waals surface area contributed by atoms with Crippen LogP contribution in [0.1, 0.15) is 50.5 Å². The first kappa shape index (κ1) is 18.3. The van der Waals surface area contributed by atoms with E-state index in [-0.39, 0.29) is 35.2 Å². The Balaban J connectivity index is 1.65. The smallest absolute Gasteiger partial charge is 0.223 e. The molecule has 4 nitrogen and oxygen atoms in total. The van der Waals surface area contributed by atoms with Crippen molar-refractivity contribution in [1.82, 2.24) is 5.32 Å². The van der Waals surface area contributed by atoms with E-state index in [0.717, 1.165) is 44.1 Å². The molecule has 25 heavy (non-hydrogen) atoms. The highest BCUT2D eigenvalue weighted by Gasteiger charge is 2.39. The highest BCUT2D eigenvalue weighted by Crippen LogP contribution is 2.41. The largest absolute Gasteiger partial charge is 0.380 e. The van der Waals surface area contributed by atoms with Crippen LogP contribution in [0.4, 0.5) is 4.39 Å². The monoisotopic (exact) mass is 348 g/mol. The second-order valence-electron chi connectivity index (χ2n) is 7.63. The topological polar surface area (TPSA) is 64.3 Å². The van der Waals surface area contributed by atoms with Crippen LogP contribution in [0.15, 0.2) is 24.3 Å². The molecule has 0 bridgehead atoms. The van der Waals surface area contributed by atoms with Crippen molar-refractivity contribution in [3.05, 3.63) is 35.6 Å². The summed E-state index contributed by atoms with van der Waals surface area (Å²) in [6, 6.07) is 6.89. The molecule has 5 heteroatoms. The lowest BCUT2D eigenvalue weighted by Crippen LogP contribution is -2.47. The molecule has 0 saturated heterocycles. The van der Waals surface area contributed by atoms with E-state index in [1.54, 1.807) is 13.2 Å². The van der Waals surface area contributed by atoms with Gasteiger partial charge in [0.2, 0.25) is 5.91 Å². The maximum Gasteiger partial charge on any atom is 0.223 e. The molecule has 2 saturated carbocycles. The van der Waals surface area contributed by atoms with E-state index in [0.29, 0.717) is 13.0 Å². The molecule has 2 fully saturated rings. The van der Waals surface area contributed by atoms with Crippen molar-refractivity contribution in [3.63, 3.8) is 0 Å². The van der Waals surface area contributed by atoms with Crippen LogP contribution in [0, 0.1) is 11.7 Å². The van der Waals surface area contributed by atoms with Crippen LogP contribution in [0.2, 0.25) is 0 Å². The Morgan fingerprint density at radius 3 is 2.68 bits per heavy atom. The van der Waals surface area contributed by atoms with Gasteiger partial charge in [0.05, 0.1) is 6.10 Å². The van der Waals surface area contributed by atoms with Crippen LogP contribution in [-0.4, -0.2) is 31.7 Å². The number of methoxy groups -OCH3 is 1. The molecule has 2 aliphatic rings. The first-order chi connectivity index (χ1) is 12.1. The van der Waals surface area contributed by atoms with E-state index in [2.05, 4.69) is 5.32 Å². The average Bonchev–Trinajstić information content (AvgIpc) is 3.10. The Morgan fingerprint density at radius 1 is 1.32 bits per heavy atom. The number of carbonyl (C=O) groups excluding carboxylic acids is 1. The molecule has 0 spiro atoms. The first-order valence-electron chi connectivity index (χ1n) is 9.37. The third-order valence-electron chi connectivity index (χ3n) is 6.11. The number of carbonyl (C=O) groups is 1. The number of ether oxygens (including phenoxy) is 1. The minimum absolute atomic E-state index is 0.0450. The zero-order chi connectivity index (χ0) is 17.9. The van der Waals surface area contributed by atoms with Gasteiger partial charge in [0, 0.05) is 31.0 Å². The molecular weight excluding hydrogens is 319 g/mol. The van der Waals surface area contributed by atoms with E-state index in [1.165, 1.54) is 6.07 Å². The van der Waals surface area contributed by atoms with E-state index in [9.17, 15) is 9.18 Å². The summed E-state index contributed by atoms with van der Waals surface area (Å²) in [7, 11) is 1.67.